The Kier molecular flexibility index (Phi) is 3.90. The first kappa shape index (κ1) is 13.1. The van der Waals surface area contributed by atoms with Crippen molar-refractivity contribution in [1.82, 2.24) is 4.90 Å². The summed E-state index contributed by atoms with van der Waals surface area (Å²) >= 11 is 0. The number of aliphatic hydroxyl groups excluding tert-OH is 1. The minimum absolute atomic E-state index is 0.332. The summed E-state index contributed by atoms with van der Waals surface area (Å²) in [6.07, 6.45) is 6.54. The van der Waals surface area contributed by atoms with E-state index in [4.69, 9.17) is 0 Å². The smallest absolute Gasteiger partial charge is 0.0917 e. The van der Waals surface area contributed by atoms with Crippen LogP contribution < -0.4 is 0 Å². The van der Waals surface area contributed by atoms with Crippen molar-refractivity contribution in [3.05, 3.63) is 35.4 Å². The highest BCUT2D eigenvalue weighted by atomic mass is 16.3. The van der Waals surface area contributed by atoms with Crippen LogP contribution in [0.4, 0.5) is 0 Å². The summed E-state index contributed by atoms with van der Waals surface area (Å²) in [6, 6.07) is 9.05. The predicted octanol–water partition coefficient (Wildman–Crippen LogP) is 3.29. The Bertz CT molecular complexity index is 414. The summed E-state index contributed by atoms with van der Waals surface area (Å²) in [5.41, 5.74) is 2.31. The number of aliphatic hydroxyl groups is 1. The monoisotopic (exact) mass is 259 g/mol. The van der Waals surface area contributed by atoms with Crippen LogP contribution >= 0.6 is 0 Å². The lowest BCUT2D eigenvalue weighted by molar-refractivity contribution is 0.0893. The average molecular weight is 259 g/mol. The van der Waals surface area contributed by atoms with Crippen LogP contribution in [0.25, 0.3) is 0 Å². The third-order valence-electron chi connectivity index (χ3n) is 4.99. The highest BCUT2D eigenvalue weighted by Gasteiger charge is 2.36. The minimum Gasteiger partial charge on any atom is -0.387 e. The van der Waals surface area contributed by atoms with E-state index in [1.807, 2.05) is 0 Å². The van der Waals surface area contributed by atoms with Crippen molar-refractivity contribution >= 4 is 0 Å². The maximum Gasteiger partial charge on any atom is 0.0917 e. The molecule has 3 unspecified atom stereocenters. The van der Waals surface area contributed by atoms with E-state index >= 15 is 0 Å². The molecule has 1 aromatic rings. The molecule has 0 amide bonds. The first-order valence-electron chi connectivity index (χ1n) is 7.73. The topological polar surface area (TPSA) is 23.5 Å². The minimum atomic E-state index is -0.332. The first-order chi connectivity index (χ1) is 9.24. The number of fused-ring (bicyclic) bond motifs is 1. The standard InChI is InChI=1S/C17H25NO/c1-13-6-8-15(9-7-13)17(19)12-18-11-10-14-4-2-3-5-16(14)18/h6-9,14,16-17,19H,2-5,10-12H2,1H3. The van der Waals surface area contributed by atoms with E-state index in [0.29, 0.717) is 0 Å². The van der Waals surface area contributed by atoms with Crippen LogP contribution in [-0.2, 0) is 0 Å². The Morgan fingerprint density at radius 3 is 2.68 bits per heavy atom. The zero-order valence-electron chi connectivity index (χ0n) is 11.9. The molecular weight excluding hydrogens is 234 g/mol. The highest BCUT2D eigenvalue weighted by Crippen LogP contribution is 2.36. The van der Waals surface area contributed by atoms with Gasteiger partial charge >= 0.3 is 0 Å². The van der Waals surface area contributed by atoms with Gasteiger partial charge in [-0.3, -0.25) is 4.90 Å². The highest BCUT2D eigenvalue weighted by molar-refractivity contribution is 5.23. The molecule has 0 bridgehead atoms. The van der Waals surface area contributed by atoms with Gasteiger partial charge in [-0.25, -0.2) is 0 Å². The summed E-state index contributed by atoms with van der Waals surface area (Å²) in [6.45, 7) is 4.08. The number of β-amino-alcohol motifs (C(OH)–C–C–N with tert-alkyl or cyclic N) is 1. The van der Waals surface area contributed by atoms with Gasteiger partial charge in [-0.1, -0.05) is 42.7 Å². The molecule has 1 heterocycles. The number of nitrogens with zero attached hydrogens (tertiary/aromatic N) is 1. The molecule has 1 aliphatic carbocycles. The van der Waals surface area contributed by atoms with Crippen LogP contribution in [0.15, 0.2) is 24.3 Å². The van der Waals surface area contributed by atoms with Gasteiger partial charge in [0, 0.05) is 12.6 Å². The number of benzene rings is 1. The molecule has 1 aromatic carbocycles. The molecule has 2 aliphatic rings. The Labute approximate surface area is 116 Å². The first-order valence-corrected chi connectivity index (χ1v) is 7.73. The van der Waals surface area contributed by atoms with Crippen molar-refractivity contribution in [2.75, 3.05) is 13.1 Å². The van der Waals surface area contributed by atoms with Gasteiger partial charge in [0.25, 0.3) is 0 Å². The molecule has 0 aromatic heterocycles. The Balaban J connectivity index is 1.63. The van der Waals surface area contributed by atoms with E-state index in [0.717, 1.165) is 24.1 Å². The fourth-order valence-electron chi connectivity index (χ4n) is 3.85. The molecule has 0 radical (unpaired) electrons. The summed E-state index contributed by atoms with van der Waals surface area (Å²) in [7, 11) is 0. The molecule has 2 heteroatoms. The molecule has 2 nitrogen and oxygen atoms in total. The Hall–Kier alpha value is -0.860. The lowest BCUT2D eigenvalue weighted by Gasteiger charge is -2.32. The van der Waals surface area contributed by atoms with Crippen molar-refractivity contribution < 1.29 is 5.11 Å². The van der Waals surface area contributed by atoms with E-state index < -0.39 is 0 Å². The van der Waals surface area contributed by atoms with E-state index in [9.17, 15) is 5.11 Å². The summed E-state index contributed by atoms with van der Waals surface area (Å²) in [5.74, 6) is 0.902. The van der Waals surface area contributed by atoms with E-state index in [2.05, 4.69) is 36.1 Å². The maximum absolute atomic E-state index is 10.4. The number of hydrogen-bond acceptors (Lipinski definition) is 2. The van der Waals surface area contributed by atoms with Crippen molar-refractivity contribution in [2.45, 2.75) is 51.2 Å². The van der Waals surface area contributed by atoms with Crippen LogP contribution in [0.2, 0.25) is 0 Å². The zero-order chi connectivity index (χ0) is 13.2. The van der Waals surface area contributed by atoms with E-state index in [1.165, 1.54) is 44.2 Å². The summed E-state index contributed by atoms with van der Waals surface area (Å²) in [4.78, 5) is 2.54. The molecule has 0 spiro atoms. The van der Waals surface area contributed by atoms with Gasteiger partial charge in [0.1, 0.15) is 0 Å². The van der Waals surface area contributed by atoms with Gasteiger partial charge < -0.3 is 5.11 Å². The largest absolute Gasteiger partial charge is 0.387 e. The Morgan fingerprint density at radius 1 is 1.16 bits per heavy atom. The molecule has 1 N–H and O–H groups in total. The van der Waals surface area contributed by atoms with Crippen molar-refractivity contribution in [1.29, 1.82) is 0 Å². The molecule has 1 saturated heterocycles. The third kappa shape index (κ3) is 2.85. The summed E-state index contributed by atoms with van der Waals surface area (Å²) in [5, 5.41) is 10.4. The zero-order valence-corrected chi connectivity index (χ0v) is 11.9. The van der Waals surface area contributed by atoms with Crippen LogP contribution in [0.1, 0.15) is 49.3 Å². The van der Waals surface area contributed by atoms with Crippen LogP contribution in [0.3, 0.4) is 0 Å². The van der Waals surface area contributed by atoms with Gasteiger partial charge in [-0.15, -0.1) is 0 Å². The number of hydrogen-bond donors (Lipinski definition) is 1. The van der Waals surface area contributed by atoms with Gasteiger partial charge in [0.2, 0.25) is 0 Å². The third-order valence-corrected chi connectivity index (χ3v) is 4.99. The van der Waals surface area contributed by atoms with Crippen molar-refractivity contribution in [3.8, 4) is 0 Å². The SMILES string of the molecule is Cc1ccc(C(O)CN2CCC3CCCCC32)cc1. The van der Waals surface area contributed by atoms with Crippen LogP contribution in [-0.4, -0.2) is 29.1 Å². The number of aryl methyl sites for hydroxylation is 1. The van der Waals surface area contributed by atoms with Gasteiger partial charge in [-0.05, 0) is 44.2 Å². The van der Waals surface area contributed by atoms with Crippen molar-refractivity contribution in [3.63, 3.8) is 0 Å². The molecule has 2 fully saturated rings. The lowest BCUT2D eigenvalue weighted by Crippen LogP contribution is -2.37. The van der Waals surface area contributed by atoms with Crippen LogP contribution in [0, 0.1) is 12.8 Å². The maximum atomic E-state index is 10.4. The molecule has 104 valence electrons. The average Bonchev–Trinajstić information content (AvgIpc) is 2.83. The fraction of sp³-hybridized carbons (Fsp3) is 0.647. The molecule has 1 saturated carbocycles. The van der Waals surface area contributed by atoms with Gasteiger partial charge in [-0.2, -0.15) is 0 Å². The molecule has 1 aliphatic heterocycles. The molecular formula is C17H25NO. The normalized spacial score (nSPS) is 29.2. The second-order valence-corrected chi connectivity index (χ2v) is 6.32. The van der Waals surface area contributed by atoms with Crippen LogP contribution in [0.5, 0.6) is 0 Å². The van der Waals surface area contributed by atoms with Gasteiger partial charge in [0.05, 0.1) is 6.10 Å². The fourth-order valence-corrected chi connectivity index (χ4v) is 3.85. The second kappa shape index (κ2) is 5.64. The molecule has 3 atom stereocenters. The molecule has 3 rings (SSSR count). The van der Waals surface area contributed by atoms with Gasteiger partial charge in [0.15, 0.2) is 0 Å². The predicted molar refractivity (Wildman–Crippen MR) is 78.1 cm³/mol. The molecule has 19 heavy (non-hydrogen) atoms. The lowest BCUT2D eigenvalue weighted by atomic mass is 9.85. The number of likely N-dealkylation sites (tertiary alicyclic amines) is 1. The summed E-state index contributed by atoms with van der Waals surface area (Å²) < 4.78 is 0. The number of rotatable bonds is 3. The quantitative estimate of drug-likeness (QED) is 0.900. The second-order valence-electron chi connectivity index (χ2n) is 6.32. The van der Waals surface area contributed by atoms with E-state index in [1.54, 1.807) is 0 Å². The Morgan fingerprint density at radius 2 is 1.89 bits per heavy atom. The van der Waals surface area contributed by atoms with Crippen molar-refractivity contribution in [2.24, 2.45) is 5.92 Å². The van der Waals surface area contributed by atoms with E-state index in [-0.39, 0.29) is 6.10 Å².